The predicted octanol–water partition coefficient (Wildman–Crippen LogP) is 7.23. The molecule has 0 spiro atoms. The molecule has 1 aliphatic rings. The fraction of sp³-hybridized carbons (Fsp3) is 0.462. The Morgan fingerprint density at radius 2 is 1.09 bits per heavy atom. The molecule has 2 aromatic rings. The molecule has 1 aliphatic carbocycles. The number of hydrogen-bond donors (Lipinski definition) is 0. The van der Waals surface area contributed by atoms with Crippen molar-refractivity contribution in [2.24, 2.45) is 0 Å². The molecule has 0 fully saturated rings. The summed E-state index contributed by atoms with van der Waals surface area (Å²) in [5, 5.41) is -0.104. The molecular weight excluding hydrogens is 432 g/mol. The van der Waals surface area contributed by atoms with Gasteiger partial charge >= 0.3 is 0 Å². The van der Waals surface area contributed by atoms with E-state index in [0.717, 1.165) is 0 Å². The average molecular weight is 469 g/mol. The second-order valence-electron chi connectivity index (χ2n) is 11.7. The first kappa shape index (κ1) is 24.5. The van der Waals surface area contributed by atoms with Gasteiger partial charge in [0.25, 0.3) is 16.6 Å². The fourth-order valence-corrected chi connectivity index (χ4v) is 5.19. The van der Waals surface area contributed by atoms with Gasteiger partial charge in [-0.05, 0) is 48.4 Å². The lowest BCUT2D eigenvalue weighted by molar-refractivity contribution is 0.0977. The van der Waals surface area contributed by atoms with Gasteiger partial charge < -0.3 is 8.85 Å². The maximum absolute atomic E-state index is 13.7. The van der Waals surface area contributed by atoms with Gasteiger partial charge in [0.2, 0.25) is 0 Å². The Balaban J connectivity index is 2.27. The van der Waals surface area contributed by atoms with Gasteiger partial charge in [-0.25, -0.2) is 0 Å². The van der Waals surface area contributed by atoms with E-state index in [1.807, 2.05) is 6.07 Å². The minimum atomic E-state index is -2.33. The Labute approximate surface area is 194 Å². The van der Waals surface area contributed by atoms with Crippen LogP contribution in [0.4, 0.5) is 0 Å². The molecular formula is C26H36O4Si2. The zero-order chi connectivity index (χ0) is 24.3. The molecule has 0 saturated carbocycles. The van der Waals surface area contributed by atoms with Crippen molar-refractivity contribution < 1.29 is 18.4 Å². The van der Waals surface area contributed by atoms with Crippen LogP contribution in [0.1, 0.15) is 73.4 Å². The van der Waals surface area contributed by atoms with Crippen LogP contribution in [0, 0.1) is 0 Å². The van der Waals surface area contributed by atoms with E-state index in [9.17, 15) is 9.59 Å². The van der Waals surface area contributed by atoms with Crippen molar-refractivity contribution in [3.8, 4) is 11.5 Å². The highest BCUT2D eigenvalue weighted by molar-refractivity contribution is 6.75. The third-order valence-electron chi connectivity index (χ3n) is 7.34. The fourth-order valence-electron chi connectivity index (χ4n) is 3.16. The van der Waals surface area contributed by atoms with E-state index < -0.39 is 16.6 Å². The number of ketones is 2. The van der Waals surface area contributed by atoms with Crippen molar-refractivity contribution in [2.75, 3.05) is 0 Å². The number of hydrogen-bond acceptors (Lipinski definition) is 4. The van der Waals surface area contributed by atoms with Crippen molar-refractivity contribution in [3.05, 3.63) is 58.7 Å². The topological polar surface area (TPSA) is 52.6 Å². The highest BCUT2D eigenvalue weighted by Crippen LogP contribution is 2.47. The normalized spacial score (nSPS) is 14.7. The standard InChI is InChI=1S/C26H36O4Si2/c1-25(2,3)31(7,8)29-20-16-15-19-21(24(20)30-32(9,10)26(4,5)6)23(28)18-14-12-11-13-17(18)22(19)27/h11-16H,1-10H3. The Hall–Kier alpha value is -2.19. The third-order valence-corrected chi connectivity index (χ3v) is 16.0. The van der Waals surface area contributed by atoms with Crippen LogP contribution in [0.2, 0.25) is 36.3 Å². The minimum absolute atomic E-state index is 0.0242. The zero-order valence-corrected chi connectivity index (χ0v) is 23.1. The summed E-state index contributed by atoms with van der Waals surface area (Å²) < 4.78 is 13.4. The van der Waals surface area contributed by atoms with Crippen molar-refractivity contribution in [1.82, 2.24) is 0 Å². The summed E-state index contributed by atoms with van der Waals surface area (Å²) in [6, 6.07) is 10.6. The van der Waals surface area contributed by atoms with Crippen LogP contribution >= 0.6 is 0 Å². The molecule has 0 atom stereocenters. The molecule has 2 aromatic carbocycles. The molecule has 6 heteroatoms. The van der Waals surface area contributed by atoms with Crippen molar-refractivity contribution >= 4 is 28.2 Å². The number of rotatable bonds is 4. The summed E-state index contributed by atoms with van der Waals surface area (Å²) in [7, 11) is -4.54. The summed E-state index contributed by atoms with van der Waals surface area (Å²) in [5.74, 6) is 0.686. The minimum Gasteiger partial charge on any atom is -0.541 e. The summed E-state index contributed by atoms with van der Waals surface area (Å²) in [6.45, 7) is 21.6. The van der Waals surface area contributed by atoms with Crippen molar-refractivity contribution in [1.29, 1.82) is 0 Å². The molecule has 0 saturated heterocycles. The smallest absolute Gasteiger partial charge is 0.250 e. The van der Waals surface area contributed by atoms with Crippen LogP contribution in [0.5, 0.6) is 11.5 Å². The quantitative estimate of drug-likeness (QED) is 0.379. The molecule has 4 nitrogen and oxygen atoms in total. The van der Waals surface area contributed by atoms with E-state index in [1.54, 1.807) is 30.3 Å². The monoisotopic (exact) mass is 468 g/mol. The van der Waals surface area contributed by atoms with Crippen LogP contribution < -0.4 is 8.85 Å². The summed E-state index contributed by atoms with van der Waals surface area (Å²) in [5.41, 5.74) is 1.61. The Bertz CT molecular complexity index is 1090. The molecule has 0 aromatic heterocycles. The molecule has 0 amide bonds. The summed E-state index contributed by atoms with van der Waals surface area (Å²) in [6.07, 6.45) is 0. The molecule has 0 bridgehead atoms. The van der Waals surface area contributed by atoms with Gasteiger partial charge in [-0.1, -0.05) is 65.8 Å². The number of carbonyl (C=O) groups excluding carboxylic acids is 2. The number of fused-ring (bicyclic) bond motifs is 2. The average Bonchev–Trinajstić information content (AvgIpc) is 2.65. The highest BCUT2D eigenvalue weighted by atomic mass is 28.4. The lowest BCUT2D eigenvalue weighted by Crippen LogP contribution is -2.46. The van der Waals surface area contributed by atoms with Gasteiger partial charge in [-0.15, -0.1) is 0 Å². The van der Waals surface area contributed by atoms with Gasteiger partial charge in [-0.3, -0.25) is 9.59 Å². The lowest BCUT2D eigenvalue weighted by atomic mass is 9.83. The SMILES string of the molecule is CC(C)(C)[Si](C)(C)Oc1ccc2c(c1O[Si](C)(C)C(C)(C)C)C(=O)c1ccccc1C2=O. The zero-order valence-electron chi connectivity index (χ0n) is 21.1. The molecule has 0 heterocycles. The van der Waals surface area contributed by atoms with E-state index in [0.29, 0.717) is 33.8 Å². The molecule has 0 aliphatic heterocycles. The summed E-state index contributed by atoms with van der Waals surface area (Å²) >= 11 is 0. The first-order valence-electron chi connectivity index (χ1n) is 11.2. The predicted molar refractivity (Wildman–Crippen MR) is 135 cm³/mol. The molecule has 172 valence electrons. The second-order valence-corrected chi connectivity index (χ2v) is 21.2. The molecule has 0 N–H and O–H groups in total. The Morgan fingerprint density at radius 3 is 1.59 bits per heavy atom. The first-order chi connectivity index (χ1) is 14.5. The van der Waals surface area contributed by atoms with Crippen LogP contribution in [0.15, 0.2) is 36.4 Å². The van der Waals surface area contributed by atoms with Crippen LogP contribution in [0.25, 0.3) is 0 Å². The number of benzene rings is 2. The summed E-state index contributed by atoms with van der Waals surface area (Å²) in [4.78, 5) is 27.0. The van der Waals surface area contributed by atoms with Gasteiger partial charge in [0.1, 0.15) is 5.75 Å². The van der Waals surface area contributed by atoms with Crippen LogP contribution in [0.3, 0.4) is 0 Å². The van der Waals surface area contributed by atoms with Crippen molar-refractivity contribution in [2.45, 2.75) is 77.8 Å². The van der Waals surface area contributed by atoms with E-state index in [4.69, 9.17) is 8.85 Å². The van der Waals surface area contributed by atoms with Gasteiger partial charge in [0, 0.05) is 16.7 Å². The first-order valence-corrected chi connectivity index (χ1v) is 17.0. The van der Waals surface area contributed by atoms with Gasteiger partial charge in [0.05, 0.1) is 5.56 Å². The van der Waals surface area contributed by atoms with Crippen LogP contribution in [-0.2, 0) is 0 Å². The maximum atomic E-state index is 13.7. The molecule has 32 heavy (non-hydrogen) atoms. The van der Waals surface area contributed by atoms with Crippen molar-refractivity contribution in [3.63, 3.8) is 0 Å². The van der Waals surface area contributed by atoms with Gasteiger partial charge in [0.15, 0.2) is 17.3 Å². The Kier molecular flexibility index (Phi) is 5.88. The largest absolute Gasteiger partial charge is 0.541 e. The molecule has 3 rings (SSSR count). The maximum Gasteiger partial charge on any atom is 0.250 e. The van der Waals surface area contributed by atoms with E-state index in [2.05, 4.69) is 67.7 Å². The Morgan fingerprint density at radius 1 is 0.625 bits per heavy atom. The lowest BCUT2D eigenvalue weighted by Gasteiger charge is -2.40. The van der Waals surface area contributed by atoms with Crippen LogP contribution in [-0.4, -0.2) is 28.2 Å². The third kappa shape index (κ3) is 4.10. The van der Waals surface area contributed by atoms with Gasteiger partial charge in [-0.2, -0.15) is 0 Å². The second kappa shape index (κ2) is 7.70. The molecule has 0 unspecified atom stereocenters. The van der Waals surface area contributed by atoms with E-state index >= 15 is 0 Å². The van der Waals surface area contributed by atoms with E-state index in [-0.39, 0.29) is 21.6 Å². The highest BCUT2D eigenvalue weighted by Gasteiger charge is 2.44. The molecule has 0 radical (unpaired) electrons. The van der Waals surface area contributed by atoms with E-state index in [1.165, 1.54) is 0 Å². The number of carbonyl (C=O) groups is 2.